The SMILES string of the molecule is CCC(C#N)(CCCSc1ccncn1)NC1CC1. The maximum atomic E-state index is 9.43. The zero-order valence-electron chi connectivity index (χ0n) is 11.3. The lowest BCUT2D eigenvalue weighted by Crippen LogP contribution is -2.44. The molecule has 2 rings (SSSR count). The lowest BCUT2D eigenvalue weighted by Gasteiger charge is -2.26. The Hall–Kier alpha value is -1.12. The summed E-state index contributed by atoms with van der Waals surface area (Å²) in [5.74, 6) is 0.993. The van der Waals surface area contributed by atoms with Crippen LogP contribution in [0.1, 0.15) is 39.0 Å². The van der Waals surface area contributed by atoms with Gasteiger partial charge in [-0.15, -0.1) is 11.8 Å². The van der Waals surface area contributed by atoms with Gasteiger partial charge in [0.25, 0.3) is 0 Å². The summed E-state index contributed by atoms with van der Waals surface area (Å²) < 4.78 is 0. The highest BCUT2D eigenvalue weighted by Crippen LogP contribution is 2.27. The lowest BCUT2D eigenvalue weighted by molar-refractivity contribution is 0.367. The molecule has 0 spiro atoms. The second-order valence-corrected chi connectivity index (χ2v) is 6.08. The quantitative estimate of drug-likeness (QED) is 0.449. The molecular weight excluding hydrogens is 256 g/mol. The van der Waals surface area contributed by atoms with Crippen LogP contribution < -0.4 is 5.32 Å². The first-order valence-electron chi connectivity index (χ1n) is 6.86. The molecule has 1 aliphatic rings. The van der Waals surface area contributed by atoms with Crippen molar-refractivity contribution in [3.8, 4) is 6.07 Å². The fourth-order valence-electron chi connectivity index (χ4n) is 2.05. The Morgan fingerprint density at radius 1 is 1.58 bits per heavy atom. The van der Waals surface area contributed by atoms with Crippen molar-refractivity contribution in [2.24, 2.45) is 0 Å². The Morgan fingerprint density at radius 2 is 2.42 bits per heavy atom. The van der Waals surface area contributed by atoms with Gasteiger partial charge in [0.2, 0.25) is 0 Å². The Labute approximate surface area is 119 Å². The molecule has 1 aromatic rings. The predicted molar refractivity (Wildman–Crippen MR) is 76.8 cm³/mol. The highest BCUT2D eigenvalue weighted by Gasteiger charge is 2.34. The molecular formula is C14H20N4S. The van der Waals surface area contributed by atoms with Crippen LogP contribution in [0.3, 0.4) is 0 Å². The molecule has 0 bridgehead atoms. The number of nitrogens with one attached hydrogen (secondary N) is 1. The highest BCUT2D eigenvalue weighted by atomic mass is 32.2. The molecule has 1 atom stereocenters. The van der Waals surface area contributed by atoms with Crippen LogP contribution >= 0.6 is 11.8 Å². The minimum atomic E-state index is -0.326. The second-order valence-electron chi connectivity index (χ2n) is 4.97. The van der Waals surface area contributed by atoms with Crippen LogP contribution in [-0.2, 0) is 0 Å². The van der Waals surface area contributed by atoms with Gasteiger partial charge in [-0.25, -0.2) is 9.97 Å². The van der Waals surface area contributed by atoms with Crippen LogP contribution in [0.5, 0.6) is 0 Å². The van der Waals surface area contributed by atoms with Crippen LogP contribution in [0.25, 0.3) is 0 Å². The first-order chi connectivity index (χ1) is 9.28. The third-order valence-corrected chi connectivity index (χ3v) is 4.46. The number of hydrogen-bond donors (Lipinski definition) is 1. The first kappa shape index (κ1) is 14.3. The summed E-state index contributed by atoms with van der Waals surface area (Å²) in [6, 6.07) is 4.99. The molecule has 19 heavy (non-hydrogen) atoms. The molecule has 1 unspecified atom stereocenters. The number of nitrogens with zero attached hydrogens (tertiary/aromatic N) is 3. The van der Waals surface area contributed by atoms with E-state index in [1.165, 1.54) is 12.8 Å². The molecule has 0 aliphatic heterocycles. The van der Waals surface area contributed by atoms with Gasteiger partial charge in [0.15, 0.2) is 0 Å². The number of thioether (sulfide) groups is 1. The summed E-state index contributed by atoms with van der Waals surface area (Å²) in [5.41, 5.74) is -0.326. The largest absolute Gasteiger partial charge is 0.297 e. The summed E-state index contributed by atoms with van der Waals surface area (Å²) in [5, 5.41) is 13.9. The van der Waals surface area contributed by atoms with Gasteiger partial charge in [-0.1, -0.05) is 6.92 Å². The van der Waals surface area contributed by atoms with Crippen molar-refractivity contribution in [3.05, 3.63) is 18.6 Å². The summed E-state index contributed by atoms with van der Waals surface area (Å²) >= 11 is 1.73. The Morgan fingerprint density at radius 3 is 3.00 bits per heavy atom. The van der Waals surface area contributed by atoms with Crippen molar-refractivity contribution in [3.63, 3.8) is 0 Å². The molecule has 0 amide bonds. The summed E-state index contributed by atoms with van der Waals surface area (Å²) in [4.78, 5) is 8.08. The zero-order valence-corrected chi connectivity index (χ0v) is 12.1. The van der Waals surface area contributed by atoms with Crippen LogP contribution in [-0.4, -0.2) is 27.3 Å². The average molecular weight is 276 g/mol. The van der Waals surface area contributed by atoms with Crippen LogP contribution in [0.15, 0.2) is 23.6 Å². The standard InChI is InChI=1S/C14H20N4S/c1-2-14(10-15,18-12-4-5-12)7-3-9-19-13-6-8-16-11-17-13/h6,8,11-12,18H,2-5,7,9H2,1H3. The number of aromatic nitrogens is 2. The maximum absolute atomic E-state index is 9.43. The van der Waals surface area contributed by atoms with Gasteiger partial charge in [-0.2, -0.15) is 5.26 Å². The fraction of sp³-hybridized carbons (Fsp3) is 0.643. The van der Waals surface area contributed by atoms with Crippen LogP contribution in [0, 0.1) is 11.3 Å². The third kappa shape index (κ3) is 4.48. The van der Waals surface area contributed by atoms with E-state index in [9.17, 15) is 5.26 Å². The molecule has 1 aliphatic carbocycles. The monoisotopic (exact) mass is 276 g/mol. The van der Waals surface area contributed by atoms with Crippen LogP contribution in [0.4, 0.5) is 0 Å². The fourth-order valence-corrected chi connectivity index (χ4v) is 2.83. The molecule has 1 aromatic heterocycles. The van der Waals surface area contributed by atoms with Crippen molar-refractivity contribution in [1.82, 2.24) is 15.3 Å². The predicted octanol–water partition coefficient (Wildman–Crippen LogP) is 2.77. The van der Waals surface area contributed by atoms with E-state index in [4.69, 9.17) is 0 Å². The van der Waals surface area contributed by atoms with E-state index >= 15 is 0 Å². The smallest absolute Gasteiger partial charge is 0.116 e. The van der Waals surface area contributed by atoms with Crippen molar-refractivity contribution >= 4 is 11.8 Å². The van der Waals surface area contributed by atoms with E-state index in [0.29, 0.717) is 6.04 Å². The van der Waals surface area contributed by atoms with Crippen molar-refractivity contribution in [2.45, 2.75) is 55.6 Å². The van der Waals surface area contributed by atoms with Gasteiger partial charge < -0.3 is 0 Å². The number of rotatable bonds is 8. The molecule has 0 saturated heterocycles. The van der Waals surface area contributed by atoms with Gasteiger partial charge in [0, 0.05) is 12.2 Å². The van der Waals surface area contributed by atoms with E-state index in [1.807, 2.05) is 6.07 Å². The van der Waals surface area contributed by atoms with E-state index in [2.05, 4.69) is 28.3 Å². The molecule has 1 N–H and O–H groups in total. The Kier molecular flexibility index (Phi) is 5.17. The molecule has 1 heterocycles. The van der Waals surface area contributed by atoms with E-state index in [-0.39, 0.29) is 5.54 Å². The van der Waals surface area contributed by atoms with E-state index in [0.717, 1.165) is 30.0 Å². The summed E-state index contributed by atoms with van der Waals surface area (Å²) in [7, 11) is 0. The highest BCUT2D eigenvalue weighted by molar-refractivity contribution is 7.99. The van der Waals surface area contributed by atoms with Crippen LogP contribution in [0.2, 0.25) is 0 Å². The maximum Gasteiger partial charge on any atom is 0.116 e. The lowest BCUT2D eigenvalue weighted by atomic mass is 9.92. The van der Waals surface area contributed by atoms with Gasteiger partial charge in [-0.05, 0) is 43.9 Å². The zero-order chi connectivity index (χ0) is 13.6. The third-order valence-electron chi connectivity index (χ3n) is 3.43. The van der Waals surface area contributed by atoms with E-state index < -0.39 is 0 Å². The average Bonchev–Trinajstić information content (AvgIpc) is 3.27. The van der Waals surface area contributed by atoms with Crippen molar-refractivity contribution in [2.75, 3.05) is 5.75 Å². The van der Waals surface area contributed by atoms with Crippen molar-refractivity contribution in [1.29, 1.82) is 5.26 Å². The van der Waals surface area contributed by atoms with E-state index in [1.54, 1.807) is 24.3 Å². The molecule has 5 heteroatoms. The van der Waals surface area contributed by atoms with Gasteiger partial charge in [-0.3, -0.25) is 5.32 Å². The minimum Gasteiger partial charge on any atom is -0.297 e. The van der Waals surface area contributed by atoms with Gasteiger partial charge >= 0.3 is 0 Å². The van der Waals surface area contributed by atoms with Gasteiger partial charge in [0.05, 0.1) is 11.1 Å². The normalized spacial score (nSPS) is 17.7. The molecule has 102 valence electrons. The molecule has 4 nitrogen and oxygen atoms in total. The molecule has 0 radical (unpaired) electrons. The number of hydrogen-bond acceptors (Lipinski definition) is 5. The summed E-state index contributed by atoms with van der Waals surface area (Å²) in [6.07, 6.45) is 8.58. The molecule has 1 saturated carbocycles. The van der Waals surface area contributed by atoms with Gasteiger partial charge in [0.1, 0.15) is 11.9 Å². The van der Waals surface area contributed by atoms with Crippen molar-refractivity contribution < 1.29 is 0 Å². The number of nitriles is 1. The second kappa shape index (κ2) is 6.88. The Balaban J connectivity index is 1.74. The Bertz CT molecular complexity index is 427. The minimum absolute atomic E-state index is 0.326. The molecule has 0 aromatic carbocycles. The first-order valence-corrected chi connectivity index (χ1v) is 7.84. The topological polar surface area (TPSA) is 61.6 Å². The molecule has 1 fully saturated rings. The summed E-state index contributed by atoms with van der Waals surface area (Å²) in [6.45, 7) is 2.09.